The molecule has 3 rings (SSSR count). The molecule has 0 saturated carbocycles. The highest BCUT2D eigenvalue weighted by Crippen LogP contribution is 2.22. The number of aryl methyl sites for hydroxylation is 1. The van der Waals surface area contributed by atoms with Crippen LogP contribution in [0.15, 0.2) is 60.7 Å². The maximum absolute atomic E-state index is 2.66. The number of benzene rings is 2. The second-order valence-electron chi connectivity index (χ2n) is 7.87. The summed E-state index contributed by atoms with van der Waals surface area (Å²) in [5, 5.41) is 0. The third-order valence-corrected chi connectivity index (χ3v) is 5.71. The topological polar surface area (TPSA) is 3.24 Å². The Balaban J connectivity index is 1.35. The van der Waals surface area contributed by atoms with Gasteiger partial charge in [0.15, 0.2) is 0 Å². The first-order valence-corrected chi connectivity index (χ1v) is 10.2. The Morgan fingerprint density at radius 1 is 1.00 bits per heavy atom. The molecule has 1 fully saturated rings. The number of likely N-dealkylation sites (tertiary alicyclic amines) is 1. The van der Waals surface area contributed by atoms with Crippen molar-refractivity contribution in [2.75, 3.05) is 19.6 Å². The molecule has 0 bridgehead atoms. The van der Waals surface area contributed by atoms with Crippen LogP contribution in [-0.4, -0.2) is 24.5 Å². The molecule has 0 atom stereocenters. The van der Waals surface area contributed by atoms with E-state index < -0.39 is 0 Å². The molecule has 138 valence electrons. The molecular formula is C25H33N. The van der Waals surface area contributed by atoms with Gasteiger partial charge < -0.3 is 4.90 Å². The Morgan fingerprint density at radius 2 is 1.69 bits per heavy atom. The smallest absolute Gasteiger partial charge is 0.00158 e. The molecule has 0 N–H and O–H groups in total. The largest absolute Gasteiger partial charge is 0.303 e. The van der Waals surface area contributed by atoms with Crippen molar-refractivity contribution < 1.29 is 0 Å². The summed E-state index contributed by atoms with van der Waals surface area (Å²) >= 11 is 0. The fraction of sp³-hybridized carbons (Fsp3) is 0.440. The first-order valence-electron chi connectivity index (χ1n) is 10.2. The van der Waals surface area contributed by atoms with Crippen LogP contribution < -0.4 is 0 Å². The Labute approximate surface area is 159 Å². The molecule has 0 aliphatic carbocycles. The van der Waals surface area contributed by atoms with Crippen molar-refractivity contribution in [2.24, 2.45) is 5.92 Å². The van der Waals surface area contributed by atoms with Gasteiger partial charge in [-0.1, -0.05) is 66.2 Å². The zero-order valence-electron chi connectivity index (χ0n) is 16.5. The molecule has 0 aromatic heterocycles. The van der Waals surface area contributed by atoms with E-state index in [-0.39, 0.29) is 0 Å². The molecule has 2 aromatic rings. The van der Waals surface area contributed by atoms with E-state index in [2.05, 4.69) is 79.4 Å². The lowest BCUT2D eigenvalue weighted by Gasteiger charge is -2.32. The van der Waals surface area contributed by atoms with Gasteiger partial charge in [0.2, 0.25) is 0 Å². The van der Waals surface area contributed by atoms with Crippen molar-refractivity contribution in [1.29, 1.82) is 0 Å². The maximum atomic E-state index is 2.66. The molecule has 1 heterocycles. The molecule has 2 aromatic carbocycles. The van der Waals surface area contributed by atoms with Crippen molar-refractivity contribution in [3.8, 4) is 0 Å². The fourth-order valence-corrected chi connectivity index (χ4v) is 3.93. The number of nitrogens with zero attached hydrogens (tertiary/aromatic N) is 1. The SMILES string of the molecule is CC(=CCCCN1CCC(Cc2ccccc2)CC1)c1ccc(C)cc1. The van der Waals surface area contributed by atoms with Gasteiger partial charge >= 0.3 is 0 Å². The van der Waals surface area contributed by atoms with Crippen LogP contribution in [-0.2, 0) is 6.42 Å². The van der Waals surface area contributed by atoms with E-state index in [0.717, 1.165) is 5.92 Å². The fourth-order valence-electron chi connectivity index (χ4n) is 3.93. The van der Waals surface area contributed by atoms with E-state index in [0.29, 0.717) is 0 Å². The molecule has 0 radical (unpaired) electrons. The third-order valence-electron chi connectivity index (χ3n) is 5.71. The highest BCUT2D eigenvalue weighted by atomic mass is 15.1. The van der Waals surface area contributed by atoms with Gasteiger partial charge in [0.1, 0.15) is 0 Å². The first kappa shape index (κ1) is 18.9. The van der Waals surface area contributed by atoms with Crippen LogP contribution in [0.4, 0.5) is 0 Å². The molecule has 26 heavy (non-hydrogen) atoms. The van der Waals surface area contributed by atoms with Crippen LogP contribution in [0.1, 0.15) is 49.3 Å². The summed E-state index contributed by atoms with van der Waals surface area (Å²) in [5.41, 5.74) is 5.60. The standard InChI is InChI=1S/C25H33N/c1-21-11-13-25(14-12-21)22(2)8-6-7-17-26-18-15-24(16-19-26)20-23-9-4-3-5-10-23/h3-5,8-14,24H,6-7,15-20H2,1-2H3. The predicted molar refractivity (Wildman–Crippen MR) is 113 cm³/mol. The molecular weight excluding hydrogens is 314 g/mol. The Bertz CT molecular complexity index is 676. The molecule has 1 aliphatic heterocycles. The van der Waals surface area contributed by atoms with E-state index in [1.165, 1.54) is 74.0 Å². The normalized spacial score (nSPS) is 16.8. The molecule has 0 spiro atoms. The summed E-state index contributed by atoms with van der Waals surface area (Å²) in [6.45, 7) is 8.18. The summed E-state index contributed by atoms with van der Waals surface area (Å²) < 4.78 is 0. The summed E-state index contributed by atoms with van der Waals surface area (Å²) in [6, 6.07) is 19.9. The van der Waals surface area contributed by atoms with Gasteiger partial charge in [-0.15, -0.1) is 0 Å². The molecule has 0 amide bonds. The van der Waals surface area contributed by atoms with Crippen LogP contribution >= 0.6 is 0 Å². The van der Waals surface area contributed by atoms with E-state index in [1.54, 1.807) is 0 Å². The minimum Gasteiger partial charge on any atom is -0.303 e. The first-order chi connectivity index (χ1) is 12.7. The highest BCUT2D eigenvalue weighted by Gasteiger charge is 2.18. The second-order valence-corrected chi connectivity index (χ2v) is 7.87. The maximum Gasteiger partial charge on any atom is -0.00158 e. The quantitative estimate of drug-likeness (QED) is 0.544. The Hall–Kier alpha value is -1.86. The van der Waals surface area contributed by atoms with Gasteiger partial charge in [-0.3, -0.25) is 0 Å². The average molecular weight is 348 g/mol. The summed E-state index contributed by atoms with van der Waals surface area (Å²) in [6.07, 6.45) is 8.83. The third kappa shape index (κ3) is 5.85. The van der Waals surface area contributed by atoms with Gasteiger partial charge in [-0.25, -0.2) is 0 Å². The molecule has 1 saturated heterocycles. The zero-order chi connectivity index (χ0) is 18.2. The van der Waals surface area contributed by atoms with E-state index >= 15 is 0 Å². The van der Waals surface area contributed by atoms with Gasteiger partial charge in [0.05, 0.1) is 0 Å². The van der Waals surface area contributed by atoms with Crippen LogP contribution in [0.2, 0.25) is 0 Å². The Morgan fingerprint density at radius 3 is 2.38 bits per heavy atom. The van der Waals surface area contributed by atoms with Crippen LogP contribution in [0, 0.1) is 12.8 Å². The van der Waals surface area contributed by atoms with Gasteiger partial charge in [0.25, 0.3) is 0 Å². The number of unbranched alkanes of at least 4 members (excludes halogenated alkanes) is 1. The lowest BCUT2D eigenvalue weighted by molar-refractivity contribution is 0.183. The van der Waals surface area contributed by atoms with Crippen molar-refractivity contribution in [1.82, 2.24) is 4.90 Å². The number of hydrogen-bond donors (Lipinski definition) is 0. The van der Waals surface area contributed by atoms with Crippen molar-refractivity contribution in [3.05, 3.63) is 77.4 Å². The van der Waals surface area contributed by atoms with Crippen molar-refractivity contribution in [3.63, 3.8) is 0 Å². The summed E-state index contributed by atoms with van der Waals surface area (Å²) in [7, 11) is 0. The van der Waals surface area contributed by atoms with Crippen LogP contribution in [0.25, 0.3) is 5.57 Å². The van der Waals surface area contributed by atoms with Gasteiger partial charge in [-0.05, 0) is 88.2 Å². The zero-order valence-corrected chi connectivity index (χ0v) is 16.5. The van der Waals surface area contributed by atoms with Crippen molar-refractivity contribution >= 4 is 5.57 Å². The lowest BCUT2D eigenvalue weighted by Crippen LogP contribution is -2.34. The minimum atomic E-state index is 0.873. The lowest BCUT2D eigenvalue weighted by atomic mass is 9.90. The molecule has 1 heteroatoms. The summed E-state index contributed by atoms with van der Waals surface area (Å²) in [5.74, 6) is 0.873. The molecule has 0 unspecified atom stereocenters. The minimum absolute atomic E-state index is 0.873. The van der Waals surface area contributed by atoms with Gasteiger partial charge in [-0.2, -0.15) is 0 Å². The number of allylic oxidation sites excluding steroid dienone is 2. The number of piperidine rings is 1. The monoisotopic (exact) mass is 347 g/mol. The van der Waals surface area contributed by atoms with E-state index in [4.69, 9.17) is 0 Å². The highest BCUT2D eigenvalue weighted by molar-refractivity contribution is 5.63. The predicted octanol–water partition coefficient (Wildman–Crippen LogP) is 6.13. The average Bonchev–Trinajstić information content (AvgIpc) is 2.68. The van der Waals surface area contributed by atoms with E-state index in [9.17, 15) is 0 Å². The van der Waals surface area contributed by atoms with Crippen LogP contribution in [0.5, 0.6) is 0 Å². The Kier molecular flexibility index (Phi) is 7.08. The van der Waals surface area contributed by atoms with Gasteiger partial charge in [0, 0.05) is 0 Å². The molecule has 1 aliphatic rings. The van der Waals surface area contributed by atoms with Crippen molar-refractivity contribution in [2.45, 2.75) is 46.0 Å². The summed E-state index contributed by atoms with van der Waals surface area (Å²) in [4.78, 5) is 2.66. The van der Waals surface area contributed by atoms with E-state index in [1.807, 2.05) is 0 Å². The molecule has 1 nitrogen and oxygen atoms in total. The number of rotatable bonds is 7. The number of hydrogen-bond acceptors (Lipinski definition) is 1. The van der Waals surface area contributed by atoms with Crippen LogP contribution in [0.3, 0.4) is 0 Å². The second kappa shape index (κ2) is 9.73.